The number of rotatable bonds is 2. The van der Waals surface area contributed by atoms with E-state index in [-0.39, 0.29) is 16.6 Å². The largest absolute Gasteiger partial charge is 0.218 e. The van der Waals surface area contributed by atoms with Gasteiger partial charge in [-0.05, 0) is 37.6 Å². The van der Waals surface area contributed by atoms with E-state index < -0.39 is 10.0 Å². The molecular weight excluding hydrogens is 198 g/mol. The van der Waals surface area contributed by atoms with Gasteiger partial charge in [0.1, 0.15) is 0 Å². The molecule has 0 aliphatic heterocycles. The predicted octanol–water partition coefficient (Wildman–Crippen LogP) is 1.75. The van der Waals surface area contributed by atoms with Gasteiger partial charge >= 0.3 is 0 Å². The van der Waals surface area contributed by atoms with Crippen LogP contribution in [-0.4, -0.2) is 20.7 Å². The zero-order valence-electron chi connectivity index (χ0n) is 9.50. The highest BCUT2D eigenvalue weighted by Gasteiger charge is 2.39. The van der Waals surface area contributed by atoms with Crippen molar-refractivity contribution in [2.45, 2.75) is 45.3 Å². The molecule has 1 N–H and O–H groups in total. The summed E-state index contributed by atoms with van der Waals surface area (Å²) in [5.74, 6) is 0.278. The summed E-state index contributed by atoms with van der Waals surface area (Å²) in [5.41, 5.74) is 0.168. The second kappa shape index (κ2) is 3.81. The van der Waals surface area contributed by atoms with E-state index in [1.54, 1.807) is 0 Å². The van der Waals surface area contributed by atoms with E-state index >= 15 is 0 Å². The molecule has 0 spiro atoms. The van der Waals surface area contributed by atoms with Crippen LogP contribution >= 0.6 is 0 Å². The molecule has 1 fully saturated rings. The molecule has 1 saturated carbocycles. The summed E-state index contributed by atoms with van der Waals surface area (Å²) in [7, 11) is -1.59. The number of nitrogens with one attached hydrogen (secondary N) is 1. The summed E-state index contributed by atoms with van der Waals surface area (Å²) in [6, 6.07) is 0. The maximum atomic E-state index is 11.7. The maximum absolute atomic E-state index is 11.7. The topological polar surface area (TPSA) is 46.2 Å². The van der Waals surface area contributed by atoms with Gasteiger partial charge in [-0.15, -0.1) is 0 Å². The van der Waals surface area contributed by atoms with Gasteiger partial charge in [-0.2, -0.15) is 0 Å². The summed E-state index contributed by atoms with van der Waals surface area (Å²) >= 11 is 0. The van der Waals surface area contributed by atoms with Crippen LogP contribution in [0.5, 0.6) is 0 Å². The molecule has 2 atom stereocenters. The van der Waals surface area contributed by atoms with Gasteiger partial charge in [0, 0.05) is 0 Å². The van der Waals surface area contributed by atoms with E-state index in [0.29, 0.717) is 0 Å². The Labute approximate surface area is 87.3 Å². The van der Waals surface area contributed by atoms with Crippen molar-refractivity contribution in [2.75, 3.05) is 7.05 Å². The average Bonchev–Trinajstić information content (AvgIpc) is 2.09. The van der Waals surface area contributed by atoms with Gasteiger partial charge in [-0.1, -0.05) is 20.8 Å². The third-order valence-electron chi connectivity index (χ3n) is 3.35. The second-order valence-corrected chi connectivity index (χ2v) is 7.28. The molecule has 0 aromatic rings. The fourth-order valence-corrected chi connectivity index (χ4v) is 3.94. The Balaban J connectivity index is 2.87. The normalized spacial score (nSPS) is 32.9. The molecule has 84 valence electrons. The smallest absolute Gasteiger partial charge is 0.214 e. The molecule has 0 saturated heterocycles. The van der Waals surface area contributed by atoms with E-state index in [1.165, 1.54) is 7.05 Å². The molecule has 0 radical (unpaired) electrons. The van der Waals surface area contributed by atoms with Crippen LogP contribution in [0.15, 0.2) is 0 Å². The maximum Gasteiger partial charge on any atom is 0.214 e. The first-order chi connectivity index (χ1) is 6.28. The molecule has 1 aliphatic rings. The summed E-state index contributed by atoms with van der Waals surface area (Å²) in [4.78, 5) is 0. The van der Waals surface area contributed by atoms with Crippen LogP contribution in [0.3, 0.4) is 0 Å². The fraction of sp³-hybridized carbons (Fsp3) is 1.00. The summed E-state index contributed by atoms with van der Waals surface area (Å²) in [5, 5.41) is -0.212. The molecule has 2 unspecified atom stereocenters. The van der Waals surface area contributed by atoms with E-state index in [1.807, 2.05) is 6.92 Å². The van der Waals surface area contributed by atoms with Crippen LogP contribution in [-0.2, 0) is 10.0 Å². The first-order valence-corrected chi connectivity index (χ1v) is 6.75. The van der Waals surface area contributed by atoms with Crippen LogP contribution in [0, 0.1) is 11.3 Å². The van der Waals surface area contributed by atoms with Crippen LogP contribution in [0.1, 0.15) is 40.0 Å². The lowest BCUT2D eigenvalue weighted by atomic mass is 9.73. The number of hydrogen-bond acceptors (Lipinski definition) is 2. The van der Waals surface area contributed by atoms with Crippen molar-refractivity contribution in [2.24, 2.45) is 11.3 Å². The van der Waals surface area contributed by atoms with Crippen LogP contribution in [0.25, 0.3) is 0 Å². The molecule has 0 aromatic heterocycles. The summed E-state index contributed by atoms with van der Waals surface area (Å²) < 4.78 is 25.9. The molecule has 1 rings (SSSR count). The van der Waals surface area contributed by atoms with E-state index in [9.17, 15) is 8.42 Å². The van der Waals surface area contributed by atoms with Crippen LogP contribution < -0.4 is 4.72 Å². The SMILES string of the molecule is CNS(=O)(=O)C1CC(C)(C)CCC1C. The summed E-state index contributed by atoms with van der Waals surface area (Å²) in [6.45, 7) is 6.34. The quantitative estimate of drug-likeness (QED) is 0.769. The van der Waals surface area contributed by atoms with Gasteiger partial charge < -0.3 is 0 Å². The Kier molecular flexibility index (Phi) is 3.26. The Morgan fingerprint density at radius 1 is 1.36 bits per heavy atom. The minimum atomic E-state index is -3.09. The van der Waals surface area contributed by atoms with Gasteiger partial charge in [-0.3, -0.25) is 0 Å². The fourth-order valence-electron chi connectivity index (χ4n) is 2.22. The minimum absolute atomic E-state index is 0.168. The molecule has 3 nitrogen and oxygen atoms in total. The Morgan fingerprint density at radius 2 is 1.93 bits per heavy atom. The van der Waals surface area contributed by atoms with Crippen molar-refractivity contribution in [3.8, 4) is 0 Å². The molecule has 4 heteroatoms. The molecule has 0 amide bonds. The highest BCUT2D eigenvalue weighted by atomic mass is 32.2. The standard InChI is InChI=1S/C10H21NO2S/c1-8-5-6-10(2,3)7-9(8)14(12,13)11-4/h8-9,11H,5-7H2,1-4H3. The lowest BCUT2D eigenvalue weighted by molar-refractivity contribution is 0.203. The predicted molar refractivity (Wildman–Crippen MR) is 58.6 cm³/mol. The Bertz CT molecular complexity index is 295. The Hall–Kier alpha value is -0.0900. The minimum Gasteiger partial charge on any atom is -0.218 e. The van der Waals surface area contributed by atoms with Gasteiger partial charge in [0.25, 0.3) is 0 Å². The van der Waals surface area contributed by atoms with Gasteiger partial charge in [0.05, 0.1) is 5.25 Å². The Morgan fingerprint density at radius 3 is 2.43 bits per heavy atom. The number of hydrogen-bond donors (Lipinski definition) is 1. The molecular formula is C10H21NO2S. The molecule has 14 heavy (non-hydrogen) atoms. The third-order valence-corrected chi connectivity index (χ3v) is 5.35. The molecule has 0 bridgehead atoms. The van der Waals surface area contributed by atoms with Crippen LogP contribution in [0.4, 0.5) is 0 Å². The molecule has 1 aliphatic carbocycles. The van der Waals surface area contributed by atoms with Gasteiger partial charge in [-0.25, -0.2) is 13.1 Å². The zero-order chi connectivity index (χ0) is 11.0. The zero-order valence-corrected chi connectivity index (χ0v) is 10.3. The van der Waals surface area contributed by atoms with Crippen molar-refractivity contribution in [3.05, 3.63) is 0 Å². The van der Waals surface area contributed by atoms with Crippen molar-refractivity contribution in [1.82, 2.24) is 4.72 Å². The van der Waals surface area contributed by atoms with Crippen molar-refractivity contribution in [1.29, 1.82) is 0 Å². The van der Waals surface area contributed by atoms with Gasteiger partial charge in [0.15, 0.2) is 0 Å². The van der Waals surface area contributed by atoms with E-state index in [4.69, 9.17) is 0 Å². The summed E-state index contributed by atoms with van der Waals surface area (Å²) in [6.07, 6.45) is 2.92. The van der Waals surface area contributed by atoms with Crippen LogP contribution in [0.2, 0.25) is 0 Å². The van der Waals surface area contributed by atoms with E-state index in [0.717, 1.165) is 19.3 Å². The molecule has 0 aromatic carbocycles. The average molecular weight is 219 g/mol. The van der Waals surface area contributed by atoms with Crippen molar-refractivity contribution < 1.29 is 8.42 Å². The lowest BCUT2D eigenvalue weighted by Crippen LogP contribution is -2.42. The highest BCUT2D eigenvalue weighted by molar-refractivity contribution is 7.90. The molecule has 0 heterocycles. The first-order valence-electron chi connectivity index (χ1n) is 5.21. The first kappa shape index (κ1) is 12.0. The lowest BCUT2D eigenvalue weighted by Gasteiger charge is -2.38. The third kappa shape index (κ3) is 2.48. The van der Waals surface area contributed by atoms with Crippen molar-refractivity contribution in [3.63, 3.8) is 0 Å². The van der Waals surface area contributed by atoms with Crippen molar-refractivity contribution >= 4 is 10.0 Å². The highest BCUT2D eigenvalue weighted by Crippen LogP contribution is 2.40. The number of sulfonamides is 1. The van der Waals surface area contributed by atoms with E-state index in [2.05, 4.69) is 18.6 Å². The second-order valence-electron chi connectivity index (χ2n) is 5.17. The monoisotopic (exact) mass is 219 g/mol. The van der Waals surface area contributed by atoms with Gasteiger partial charge in [0.2, 0.25) is 10.0 Å².